The topological polar surface area (TPSA) is 55.4 Å². The molecule has 4 heterocycles. The van der Waals surface area contributed by atoms with Crippen molar-refractivity contribution in [2.24, 2.45) is 0 Å². The van der Waals surface area contributed by atoms with E-state index < -0.39 is 0 Å². The number of esters is 1. The van der Waals surface area contributed by atoms with Crippen LogP contribution in [0.1, 0.15) is 27.2 Å². The lowest BCUT2D eigenvalue weighted by Gasteiger charge is -2.12. The standard InChI is InChI=1S/C24H21ClN3O3S4/c1-4-28-19(12-18-27(8-10-32-18)13-14-7-9-33-20(14)24(30)31-3)35-21(22(28)29)23-26(2)16-11-15(25)5-6-17(16)34-23/h5-12H,4,13H2,1-3H3/q+1. The van der Waals surface area contributed by atoms with Gasteiger partial charge in [0, 0.05) is 29.1 Å². The fraction of sp³-hybridized carbons (Fsp3) is 0.208. The lowest BCUT2D eigenvalue weighted by atomic mass is 10.2. The first-order chi connectivity index (χ1) is 16.9. The second-order valence-corrected chi connectivity index (χ2v) is 12.0. The number of hydrogen-bond donors (Lipinski definition) is 0. The van der Waals surface area contributed by atoms with Crippen molar-refractivity contribution in [2.75, 3.05) is 19.1 Å². The average molecular weight is 563 g/mol. The van der Waals surface area contributed by atoms with Crippen LogP contribution in [0.5, 0.6) is 0 Å². The molecule has 0 saturated carbocycles. The van der Waals surface area contributed by atoms with Crippen LogP contribution >= 0.6 is 57.4 Å². The normalized spacial score (nSPS) is 15.1. The predicted molar refractivity (Wildman–Crippen MR) is 145 cm³/mol. The van der Waals surface area contributed by atoms with E-state index in [0.717, 1.165) is 30.8 Å². The quantitative estimate of drug-likeness (QED) is 0.272. The van der Waals surface area contributed by atoms with E-state index in [0.29, 0.717) is 27.5 Å². The van der Waals surface area contributed by atoms with Crippen LogP contribution in [0.15, 0.2) is 50.9 Å². The van der Waals surface area contributed by atoms with E-state index in [2.05, 4.69) is 10.6 Å². The number of halogens is 1. The Labute approximate surface area is 223 Å². The van der Waals surface area contributed by atoms with Crippen LogP contribution in [0.2, 0.25) is 5.02 Å². The number of hydrogen-bond acceptors (Lipinski definition) is 8. The largest absolute Gasteiger partial charge is 0.465 e. The Balaban J connectivity index is 1.58. The first kappa shape index (κ1) is 24.3. The minimum Gasteiger partial charge on any atom is -0.465 e. The molecule has 180 valence electrons. The molecule has 1 aliphatic heterocycles. The number of aromatic nitrogens is 2. The molecular formula is C24H21ClN3O3S4+. The second kappa shape index (κ2) is 9.94. The lowest BCUT2D eigenvalue weighted by molar-refractivity contribution is -0.685. The summed E-state index contributed by atoms with van der Waals surface area (Å²) in [5.41, 5.74) is 1.92. The molecule has 0 atom stereocenters. The van der Waals surface area contributed by atoms with Crippen molar-refractivity contribution >= 4 is 80.1 Å². The van der Waals surface area contributed by atoms with E-state index in [-0.39, 0.29) is 11.5 Å². The minimum absolute atomic E-state index is 0.00548. The molecule has 0 amide bonds. The van der Waals surface area contributed by atoms with Crippen molar-refractivity contribution in [3.63, 3.8) is 0 Å². The summed E-state index contributed by atoms with van der Waals surface area (Å²) in [4.78, 5) is 29.2. The Morgan fingerprint density at radius 1 is 1.23 bits per heavy atom. The summed E-state index contributed by atoms with van der Waals surface area (Å²) in [7, 11) is 3.36. The molecule has 0 unspecified atom stereocenters. The van der Waals surface area contributed by atoms with Crippen molar-refractivity contribution in [3.8, 4) is 0 Å². The molecule has 0 aliphatic carbocycles. The van der Waals surface area contributed by atoms with Crippen LogP contribution in [0.25, 0.3) is 11.1 Å². The fourth-order valence-corrected chi connectivity index (χ4v) is 8.17. The van der Waals surface area contributed by atoms with E-state index in [1.807, 2.05) is 64.7 Å². The molecule has 0 radical (unpaired) electrons. The van der Waals surface area contributed by atoms with E-state index in [1.165, 1.54) is 29.8 Å². The zero-order chi connectivity index (χ0) is 24.7. The molecule has 5 rings (SSSR count). The maximum atomic E-state index is 13.4. The highest BCUT2D eigenvalue weighted by Gasteiger charge is 2.25. The number of rotatable bonds is 5. The van der Waals surface area contributed by atoms with Crippen LogP contribution in [0.3, 0.4) is 0 Å². The molecule has 0 fully saturated rings. The van der Waals surface area contributed by atoms with E-state index in [9.17, 15) is 9.59 Å². The van der Waals surface area contributed by atoms with Crippen LogP contribution in [-0.4, -0.2) is 24.7 Å². The highest BCUT2D eigenvalue weighted by Crippen LogP contribution is 2.46. The molecule has 1 aliphatic rings. The third-order valence-corrected chi connectivity index (χ3v) is 10.1. The minimum atomic E-state index is -0.323. The maximum Gasteiger partial charge on any atom is 0.348 e. The molecule has 0 bridgehead atoms. The lowest BCUT2D eigenvalue weighted by Crippen LogP contribution is -2.36. The monoisotopic (exact) mass is 562 g/mol. The smallest absolute Gasteiger partial charge is 0.348 e. The number of methoxy groups -OCH3 is 1. The van der Waals surface area contributed by atoms with Gasteiger partial charge < -0.3 is 9.64 Å². The number of thiazole rings is 2. The van der Waals surface area contributed by atoms with Crippen molar-refractivity contribution < 1.29 is 14.1 Å². The third-order valence-electron chi connectivity index (χ3n) is 5.63. The molecule has 11 heteroatoms. The van der Waals surface area contributed by atoms with Crippen LogP contribution in [0.4, 0.5) is 5.69 Å². The summed E-state index contributed by atoms with van der Waals surface area (Å²) in [5, 5.41) is 6.49. The molecule has 0 saturated heterocycles. The number of thioether (sulfide) groups is 1. The predicted octanol–water partition coefficient (Wildman–Crippen LogP) is 3.97. The van der Waals surface area contributed by atoms with Crippen molar-refractivity contribution in [1.82, 2.24) is 4.57 Å². The van der Waals surface area contributed by atoms with Crippen molar-refractivity contribution in [1.29, 1.82) is 0 Å². The molecular weight excluding hydrogens is 542 g/mol. The molecule has 1 aromatic carbocycles. The highest BCUT2D eigenvalue weighted by atomic mass is 35.5. The number of fused-ring (bicyclic) bond motifs is 1. The molecule has 0 spiro atoms. The van der Waals surface area contributed by atoms with Gasteiger partial charge in [-0.05, 0) is 36.6 Å². The second-order valence-electron chi connectivity index (χ2n) is 7.68. The Hall–Kier alpha value is -2.37. The van der Waals surface area contributed by atoms with Gasteiger partial charge in [-0.3, -0.25) is 9.36 Å². The Kier molecular flexibility index (Phi) is 6.91. The number of carbonyl (C=O) groups excluding carboxylic acids is 1. The molecule has 3 aromatic heterocycles. The van der Waals surface area contributed by atoms with E-state index >= 15 is 0 Å². The maximum absolute atomic E-state index is 13.4. The number of ether oxygens (including phenoxy) is 1. The molecule has 0 N–H and O–H groups in total. The average Bonchev–Trinajstić information content (AvgIpc) is 3.62. The van der Waals surface area contributed by atoms with Crippen LogP contribution in [-0.2, 0) is 17.8 Å². The summed E-state index contributed by atoms with van der Waals surface area (Å²) in [5.74, 6) is -0.323. The number of carbonyl (C=O) groups is 1. The van der Waals surface area contributed by atoms with Crippen LogP contribution < -0.4 is 24.2 Å². The van der Waals surface area contributed by atoms with Crippen molar-refractivity contribution in [2.45, 2.75) is 24.9 Å². The molecule has 6 nitrogen and oxygen atoms in total. The summed E-state index contributed by atoms with van der Waals surface area (Å²) >= 11 is 12.3. The van der Waals surface area contributed by atoms with Gasteiger partial charge in [-0.15, -0.1) is 22.7 Å². The molecule has 4 aromatic rings. The highest BCUT2D eigenvalue weighted by molar-refractivity contribution is 8.08. The van der Waals surface area contributed by atoms with Gasteiger partial charge in [-0.2, -0.15) is 4.57 Å². The van der Waals surface area contributed by atoms with Gasteiger partial charge in [0.25, 0.3) is 10.6 Å². The van der Waals surface area contributed by atoms with Gasteiger partial charge in [0.05, 0.1) is 24.3 Å². The summed E-state index contributed by atoms with van der Waals surface area (Å²) < 4.78 is 10.4. The first-order valence-corrected chi connectivity index (χ1v) is 14.5. The number of nitrogens with zero attached hydrogens (tertiary/aromatic N) is 3. The third kappa shape index (κ3) is 4.49. The summed E-state index contributed by atoms with van der Waals surface area (Å²) in [6.45, 7) is 3.10. The summed E-state index contributed by atoms with van der Waals surface area (Å²) in [6, 6.07) is 7.74. The number of thiophene rings is 1. The van der Waals surface area contributed by atoms with E-state index in [1.54, 1.807) is 23.1 Å². The zero-order valence-electron chi connectivity index (χ0n) is 19.1. The first-order valence-electron chi connectivity index (χ1n) is 10.7. The van der Waals surface area contributed by atoms with Crippen LogP contribution in [0, 0.1) is 0 Å². The SMILES string of the molecule is CCn1c(=Cc2scc[n+]2Cc2ccsc2C(=O)OC)sc(=C2Sc3ccc(Cl)cc3N2C)c1=O. The summed E-state index contributed by atoms with van der Waals surface area (Å²) in [6.07, 6.45) is 4.05. The van der Waals surface area contributed by atoms with Gasteiger partial charge in [0.15, 0.2) is 12.7 Å². The van der Waals surface area contributed by atoms with Gasteiger partial charge in [0.1, 0.15) is 19.1 Å². The fourth-order valence-electron chi connectivity index (χ4n) is 3.87. The van der Waals surface area contributed by atoms with Crippen molar-refractivity contribution in [3.05, 3.63) is 81.2 Å². The Morgan fingerprint density at radius 2 is 2.06 bits per heavy atom. The number of benzene rings is 1. The van der Waals surface area contributed by atoms with E-state index in [4.69, 9.17) is 16.3 Å². The van der Waals surface area contributed by atoms with Gasteiger partial charge in [0.2, 0.25) is 0 Å². The molecule has 35 heavy (non-hydrogen) atoms. The van der Waals surface area contributed by atoms with Gasteiger partial charge in [-0.1, -0.05) is 34.7 Å². The zero-order valence-corrected chi connectivity index (χ0v) is 23.1. The van der Waals surface area contributed by atoms with Gasteiger partial charge >= 0.3 is 5.97 Å². The Morgan fingerprint density at radius 3 is 2.83 bits per heavy atom. The Bertz CT molecular complexity index is 1620. The van der Waals surface area contributed by atoms with Gasteiger partial charge in [-0.25, -0.2) is 4.79 Å². The number of anilines is 1.